The van der Waals surface area contributed by atoms with Crippen LogP contribution in [0.15, 0.2) is 58.2 Å². The summed E-state index contributed by atoms with van der Waals surface area (Å²) in [6.45, 7) is 2.92. The van der Waals surface area contributed by atoms with Gasteiger partial charge in [0.2, 0.25) is 0 Å². The topological polar surface area (TPSA) is 108 Å². The molecule has 11 heteroatoms. The van der Waals surface area contributed by atoms with Gasteiger partial charge < -0.3 is 14.6 Å². The van der Waals surface area contributed by atoms with E-state index in [0.29, 0.717) is 19.6 Å². The standard InChI is InChI=1S/C24H25N7O2S2/c1-2-33-19(32)6-4-3-5-11-34-23-20-22(27-14-28-23)31(15-29-20)13-16-7-8-18-17(12-16)30-21-24(35-18)26-10-9-25-21/h7-10,12,14-15H,2-6,11,13H2,1H3,(H,25,30). The van der Waals surface area contributed by atoms with Crippen LogP contribution < -0.4 is 5.32 Å². The van der Waals surface area contributed by atoms with E-state index >= 15 is 0 Å². The van der Waals surface area contributed by atoms with Crippen LogP contribution in [0.25, 0.3) is 11.2 Å². The Balaban J connectivity index is 1.21. The van der Waals surface area contributed by atoms with E-state index < -0.39 is 0 Å². The summed E-state index contributed by atoms with van der Waals surface area (Å²) in [4.78, 5) is 34.9. The molecule has 5 rings (SSSR count). The number of rotatable bonds is 10. The van der Waals surface area contributed by atoms with E-state index in [4.69, 9.17) is 4.74 Å². The highest BCUT2D eigenvalue weighted by Crippen LogP contribution is 2.42. The SMILES string of the molecule is CCOC(=O)CCCCCSc1ncnc2c1ncn2Cc1ccc2c(c1)Nc1nccnc1S2. The second kappa shape index (κ2) is 11.0. The van der Waals surface area contributed by atoms with Crippen molar-refractivity contribution in [1.29, 1.82) is 0 Å². The maximum atomic E-state index is 11.4. The minimum atomic E-state index is -0.116. The highest BCUT2D eigenvalue weighted by molar-refractivity contribution is 7.99. The molecule has 1 aliphatic heterocycles. The van der Waals surface area contributed by atoms with Crippen molar-refractivity contribution in [2.24, 2.45) is 0 Å². The largest absolute Gasteiger partial charge is 0.466 e. The number of esters is 1. The molecule has 0 fully saturated rings. The Hall–Kier alpha value is -3.18. The zero-order valence-electron chi connectivity index (χ0n) is 19.3. The molecule has 0 saturated heterocycles. The van der Waals surface area contributed by atoms with E-state index in [0.717, 1.165) is 68.2 Å². The van der Waals surface area contributed by atoms with Gasteiger partial charge in [0.15, 0.2) is 11.5 Å². The quantitative estimate of drug-likeness (QED) is 0.119. The molecular formula is C24H25N7O2S2. The summed E-state index contributed by atoms with van der Waals surface area (Å²) in [5.74, 6) is 1.58. The van der Waals surface area contributed by atoms with Crippen LogP contribution in [-0.4, -0.2) is 47.8 Å². The number of nitrogens with zero attached hydrogens (tertiary/aromatic N) is 6. The zero-order valence-corrected chi connectivity index (χ0v) is 20.9. The third-order valence-electron chi connectivity index (χ3n) is 5.46. The van der Waals surface area contributed by atoms with E-state index in [1.54, 1.807) is 42.2 Å². The molecule has 1 N–H and O–H groups in total. The van der Waals surface area contributed by atoms with Crippen molar-refractivity contribution in [3.63, 3.8) is 0 Å². The van der Waals surface area contributed by atoms with E-state index in [1.807, 2.05) is 17.8 Å². The van der Waals surface area contributed by atoms with Gasteiger partial charge in [-0.1, -0.05) is 24.2 Å². The summed E-state index contributed by atoms with van der Waals surface area (Å²) < 4.78 is 7.02. The first-order chi connectivity index (χ1) is 17.2. The first-order valence-corrected chi connectivity index (χ1v) is 13.3. The molecule has 1 aromatic carbocycles. The van der Waals surface area contributed by atoms with Gasteiger partial charge in [-0.2, -0.15) is 0 Å². The molecule has 0 amide bonds. The van der Waals surface area contributed by atoms with Crippen LogP contribution >= 0.6 is 23.5 Å². The number of aromatic nitrogens is 6. The van der Waals surface area contributed by atoms with E-state index in [1.165, 1.54) is 0 Å². The summed E-state index contributed by atoms with van der Waals surface area (Å²) in [7, 11) is 0. The highest BCUT2D eigenvalue weighted by atomic mass is 32.2. The van der Waals surface area contributed by atoms with Crippen molar-refractivity contribution in [1.82, 2.24) is 29.5 Å². The predicted octanol–water partition coefficient (Wildman–Crippen LogP) is 5.09. The lowest BCUT2D eigenvalue weighted by atomic mass is 10.2. The Labute approximate surface area is 211 Å². The molecule has 4 heterocycles. The molecule has 180 valence electrons. The molecule has 0 unspecified atom stereocenters. The number of hydrogen-bond donors (Lipinski definition) is 1. The van der Waals surface area contributed by atoms with Gasteiger partial charge in [0, 0.05) is 23.7 Å². The molecule has 0 spiro atoms. The summed E-state index contributed by atoms with van der Waals surface area (Å²) in [5, 5.41) is 5.15. The van der Waals surface area contributed by atoms with Crippen LogP contribution in [0.1, 0.15) is 38.2 Å². The highest BCUT2D eigenvalue weighted by Gasteiger charge is 2.18. The first kappa shape index (κ1) is 23.6. The number of benzene rings is 1. The van der Waals surface area contributed by atoms with Crippen molar-refractivity contribution in [2.45, 2.75) is 54.1 Å². The lowest BCUT2D eigenvalue weighted by molar-refractivity contribution is -0.143. The van der Waals surface area contributed by atoms with Gasteiger partial charge in [0.05, 0.1) is 25.2 Å². The van der Waals surface area contributed by atoms with Crippen molar-refractivity contribution in [2.75, 3.05) is 17.7 Å². The van der Waals surface area contributed by atoms with Gasteiger partial charge in [0.25, 0.3) is 0 Å². The van der Waals surface area contributed by atoms with Gasteiger partial charge in [-0.25, -0.2) is 24.9 Å². The van der Waals surface area contributed by atoms with Gasteiger partial charge in [-0.3, -0.25) is 4.79 Å². The Morgan fingerprint density at radius 3 is 2.94 bits per heavy atom. The molecule has 9 nitrogen and oxygen atoms in total. The van der Waals surface area contributed by atoms with Gasteiger partial charge in [-0.15, -0.1) is 11.8 Å². The molecular weight excluding hydrogens is 482 g/mol. The number of fused-ring (bicyclic) bond motifs is 3. The summed E-state index contributed by atoms with van der Waals surface area (Å²) in [6, 6.07) is 6.37. The van der Waals surface area contributed by atoms with Crippen LogP contribution in [-0.2, 0) is 16.1 Å². The summed E-state index contributed by atoms with van der Waals surface area (Å²) in [5.41, 5.74) is 3.80. The molecule has 0 atom stereocenters. The Bertz CT molecular complexity index is 1340. The minimum absolute atomic E-state index is 0.116. The molecule has 0 aliphatic carbocycles. The number of unbranched alkanes of at least 4 members (excludes halogenated alkanes) is 2. The third kappa shape index (κ3) is 5.57. The maximum absolute atomic E-state index is 11.4. The number of carbonyl (C=O) groups is 1. The van der Waals surface area contributed by atoms with E-state index in [-0.39, 0.29) is 5.97 Å². The minimum Gasteiger partial charge on any atom is -0.466 e. The van der Waals surface area contributed by atoms with Crippen molar-refractivity contribution < 1.29 is 9.53 Å². The number of carbonyl (C=O) groups excluding carboxylic acids is 1. The van der Waals surface area contributed by atoms with Crippen LogP contribution in [0, 0.1) is 0 Å². The average molecular weight is 508 g/mol. The predicted molar refractivity (Wildman–Crippen MR) is 136 cm³/mol. The second-order valence-electron chi connectivity index (χ2n) is 7.96. The Kier molecular flexibility index (Phi) is 7.43. The number of imidazole rings is 1. The van der Waals surface area contributed by atoms with E-state index in [9.17, 15) is 4.79 Å². The number of thioether (sulfide) groups is 1. The molecule has 1 aliphatic rings. The van der Waals surface area contributed by atoms with Crippen LogP contribution in [0.3, 0.4) is 0 Å². The van der Waals surface area contributed by atoms with Crippen LogP contribution in [0.5, 0.6) is 0 Å². The average Bonchev–Trinajstić information content (AvgIpc) is 3.28. The molecule has 0 radical (unpaired) electrons. The number of ether oxygens (including phenoxy) is 1. The van der Waals surface area contributed by atoms with Crippen molar-refractivity contribution in [3.05, 3.63) is 48.8 Å². The fourth-order valence-corrected chi connectivity index (χ4v) is 5.63. The fraction of sp³-hybridized carbons (Fsp3) is 0.333. The zero-order chi connectivity index (χ0) is 24.0. The van der Waals surface area contributed by atoms with Gasteiger partial charge in [-0.05, 0) is 43.2 Å². The Morgan fingerprint density at radius 2 is 2.03 bits per heavy atom. The number of hydrogen-bond acceptors (Lipinski definition) is 10. The number of nitrogens with one attached hydrogen (secondary N) is 1. The molecule has 0 bridgehead atoms. The third-order valence-corrected chi connectivity index (χ3v) is 7.59. The molecule has 3 aromatic heterocycles. The molecule has 4 aromatic rings. The lowest BCUT2D eigenvalue weighted by Crippen LogP contribution is -2.05. The summed E-state index contributed by atoms with van der Waals surface area (Å²) in [6.07, 6.45) is 10.1. The van der Waals surface area contributed by atoms with Gasteiger partial charge >= 0.3 is 5.97 Å². The van der Waals surface area contributed by atoms with Crippen molar-refractivity contribution in [3.8, 4) is 0 Å². The first-order valence-electron chi connectivity index (χ1n) is 11.5. The number of anilines is 2. The molecule has 0 saturated carbocycles. The lowest BCUT2D eigenvalue weighted by Gasteiger charge is -2.19. The maximum Gasteiger partial charge on any atom is 0.305 e. The van der Waals surface area contributed by atoms with Gasteiger partial charge in [0.1, 0.15) is 21.9 Å². The smallest absolute Gasteiger partial charge is 0.305 e. The summed E-state index contributed by atoms with van der Waals surface area (Å²) >= 11 is 3.30. The Morgan fingerprint density at radius 1 is 1.11 bits per heavy atom. The normalized spacial score (nSPS) is 12.1. The monoisotopic (exact) mass is 507 g/mol. The fourth-order valence-electron chi connectivity index (χ4n) is 3.81. The molecule has 35 heavy (non-hydrogen) atoms. The van der Waals surface area contributed by atoms with E-state index in [2.05, 4.69) is 48.4 Å². The van der Waals surface area contributed by atoms with Crippen LogP contribution in [0.4, 0.5) is 11.5 Å². The van der Waals surface area contributed by atoms with Crippen molar-refractivity contribution >= 4 is 52.2 Å². The van der Waals surface area contributed by atoms with Crippen LogP contribution in [0.2, 0.25) is 0 Å². The second-order valence-corrected chi connectivity index (χ2v) is 10.1.